The van der Waals surface area contributed by atoms with E-state index in [0.717, 1.165) is 5.56 Å². The van der Waals surface area contributed by atoms with Gasteiger partial charge < -0.3 is 4.74 Å². The molecule has 2 aliphatic rings. The summed E-state index contributed by atoms with van der Waals surface area (Å²) in [5.41, 5.74) is 0.800. The van der Waals surface area contributed by atoms with Crippen LogP contribution in [0.2, 0.25) is 5.02 Å². The number of aliphatic imine (C=N–C) groups is 1. The van der Waals surface area contributed by atoms with Gasteiger partial charge in [0.15, 0.2) is 0 Å². The second-order valence-corrected chi connectivity index (χ2v) is 3.80. The number of nitrogens with zero attached hydrogens (tertiary/aromatic N) is 3. The van der Waals surface area contributed by atoms with Gasteiger partial charge in [-0.3, -0.25) is 4.79 Å². The molecule has 0 bridgehead atoms. The lowest BCUT2D eigenvalue weighted by molar-refractivity contribution is -0.117. The van der Waals surface area contributed by atoms with Gasteiger partial charge in [0.25, 0.3) is 5.91 Å². The van der Waals surface area contributed by atoms with Gasteiger partial charge in [0.2, 0.25) is 5.90 Å². The predicted molar refractivity (Wildman–Crippen MR) is 58.2 cm³/mol. The van der Waals surface area contributed by atoms with Gasteiger partial charge in [-0.1, -0.05) is 11.6 Å². The summed E-state index contributed by atoms with van der Waals surface area (Å²) in [5, 5.41) is 6.22. The van der Waals surface area contributed by atoms with Crippen LogP contribution in [0.4, 0.5) is 0 Å². The number of halogens is 1. The van der Waals surface area contributed by atoms with E-state index in [1.165, 1.54) is 5.01 Å². The fourth-order valence-corrected chi connectivity index (χ4v) is 1.60. The minimum Gasteiger partial charge on any atom is -0.403 e. The molecule has 5 nitrogen and oxygen atoms in total. The summed E-state index contributed by atoms with van der Waals surface area (Å²) in [6, 6.07) is 7.34. The van der Waals surface area contributed by atoms with Gasteiger partial charge in [-0.2, -0.15) is 4.99 Å². The molecule has 1 aromatic carbocycles. The number of carbonyl (C=O) groups excluding carboxylic acids is 1. The molecule has 0 unspecified atom stereocenters. The van der Waals surface area contributed by atoms with Crippen molar-refractivity contribution in [1.29, 1.82) is 0 Å². The van der Waals surface area contributed by atoms with Crippen LogP contribution in [-0.4, -0.2) is 29.4 Å². The Labute approximate surface area is 96.0 Å². The number of rotatable bonds is 1. The van der Waals surface area contributed by atoms with Gasteiger partial charge in [0, 0.05) is 10.6 Å². The molecule has 80 valence electrons. The largest absolute Gasteiger partial charge is 0.403 e. The maximum absolute atomic E-state index is 10.9. The van der Waals surface area contributed by atoms with E-state index in [1.54, 1.807) is 24.3 Å². The first-order chi connectivity index (χ1) is 7.72. The summed E-state index contributed by atoms with van der Waals surface area (Å²) >= 11 is 5.77. The van der Waals surface area contributed by atoms with Crippen LogP contribution in [0.5, 0.6) is 0 Å². The van der Waals surface area contributed by atoms with E-state index in [2.05, 4.69) is 10.1 Å². The van der Waals surface area contributed by atoms with Crippen LogP contribution in [0, 0.1) is 0 Å². The number of ether oxygens (including phenoxy) is 1. The van der Waals surface area contributed by atoms with Crippen molar-refractivity contribution in [2.24, 2.45) is 10.1 Å². The van der Waals surface area contributed by atoms with Gasteiger partial charge >= 0.3 is 6.02 Å². The lowest BCUT2D eigenvalue weighted by Crippen LogP contribution is -2.18. The van der Waals surface area contributed by atoms with E-state index < -0.39 is 0 Å². The zero-order chi connectivity index (χ0) is 11.1. The van der Waals surface area contributed by atoms with E-state index in [9.17, 15) is 4.79 Å². The summed E-state index contributed by atoms with van der Waals surface area (Å²) < 4.78 is 5.34. The smallest absolute Gasteiger partial charge is 0.324 e. The molecular formula is C10H6ClN3O2. The van der Waals surface area contributed by atoms with E-state index >= 15 is 0 Å². The van der Waals surface area contributed by atoms with Crippen molar-refractivity contribution in [3.63, 3.8) is 0 Å². The highest BCUT2D eigenvalue weighted by Crippen LogP contribution is 2.18. The van der Waals surface area contributed by atoms with Gasteiger partial charge in [-0.25, -0.2) is 5.01 Å². The zero-order valence-corrected chi connectivity index (χ0v) is 8.81. The third kappa shape index (κ3) is 1.45. The third-order valence-corrected chi connectivity index (χ3v) is 2.47. The van der Waals surface area contributed by atoms with Crippen molar-refractivity contribution in [1.82, 2.24) is 5.01 Å². The first kappa shape index (κ1) is 9.35. The number of hydrazone groups is 1. The predicted octanol–water partition coefficient (Wildman–Crippen LogP) is 1.23. The number of fused-ring (bicyclic) bond motifs is 1. The molecule has 2 heterocycles. The molecule has 6 heteroatoms. The van der Waals surface area contributed by atoms with Crippen LogP contribution in [0.1, 0.15) is 5.56 Å². The van der Waals surface area contributed by atoms with Gasteiger partial charge in [0.1, 0.15) is 6.54 Å². The Morgan fingerprint density at radius 3 is 2.75 bits per heavy atom. The Hall–Kier alpha value is -1.88. The molecule has 0 aliphatic carbocycles. The third-order valence-electron chi connectivity index (χ3n) is 2.22. The number of carbonyl (C=O) groups is 1. The van der Waals surface area contributed by atoms with Crippen molar-refractivity contribution in [2.45, 2.75) is 0 Å². The fourth-order valence-electron chi connectivity index (χ4n) is 1.47. The molecule has 16 heavy (non-hydrogen) atoms. The number of amides is 1. The zero-order valence-electron chi connectivity index (χ0n) is 8.05. The molecule has 0 aromatic heterocycles. The molecule has 1 amide bonds. The number of benzene rings is 1. The second kappa shape index (κ2) is 3.31. The van der Waals surface area contributed by atoms with E-state index in [-0.39, 0.29) is 18.5 Å². The average molecular weight is 236 g/mol. The summed E-state index contributed by atoms with van der Waals surface area (Å²) in [5.74, 6) is 0.192. The summed E-state index contributed by atoms with van der Waals surface area (Å²) in [7, 11) is 0. The van der Waals surface area contributed by atoms with Crippen molar-refractivity contribution < 1.29 is 9.53 Å². The molecule has 0 saturated carbocycles. The molecule has 0 N–H and O–H groups in total. The van der Waals surface area contributed by atoms with Gasteiger partial charge in [-0.05, 0) is 24.3 Å². The van der Waals surface area contributed by atoms with Gasteiger partial charge in [0.05, 0.1) is 0 Å². The second-order valence-electron chi connectivity index (χ2n) is 3.36. The van der Waals surface area contributed by atoms with E-state index in [4.69, 9.17) is 16.3 Å². The van der Waals surface area contributed by atoms with Crippen LogP contribution in [-0.2, 0) is 9.53 Å². The van der Waals surface area contributed by atoms with Crippen molar-refractivity contribution in [3.8, 4) is 0 Å². The molecule has 0 atom stereocenters. The first-order valence-electron chi connectivity index (χ1n) is 4.64. The van der Waals surface area contributed by atoms with Crippen molar-refractivity contribution in [3.05, 3.63) is 34.9 Å². The topological polar surface area (TPSA) is 54.3 Å². The Kier molecular flexibility index (Phi) is 1.94. The molecule has 0 radical (unpaired) electrons. The Bertz CT molecular complexity index is 521. The average Bonchev–Trinajstić information content (AvgIpc) is 2.75. The summed E-state index contributed by atoms with van der Waals surface area (Å²) in [6.45, 7) is 0.145. The SMILES string of the molecule is O=C1CN2N=C(c3ccc(Cl)cc3)OC2=N1. The quantitative estimate of drug-likeness (QED) is 0.736. The van der Waals surface area contributed by atoms with Crippen LogP contribution in [0.25, 0.3) is 0 Å². The lowest BCUT2D eigenvalue weighted by atomic mass is 10.2. The highest BCUT2D eigenvalue weighted by Gasteiger charge is 2.32. The molecule has 0 saturated heterocycles. The standard InChI is InChI=1S/C10H6ClN3O2/c11-7-3-1-6(2-4-7)9-13-14-5-8(15)12-10(14)16-9/h1-4H,5H2. The summed E-state index contributed by atoms with van der Waals surface area (Å²) in [6.07, 6.45) is 0. The maximum atomic E-state index is 10.9. The normalized spacial score (nSPS) is 18.1. The highest BCUT2D eigenvalue weighted by atomic mass is 35.5. The number of hydrogen-bond donors (Lipinski definition) is 0. The molecular weight excluding hydrogens is 230 g/mol. The Morgan fingerprint density at radius 1 is 1.31 bits per heavy atom. The van der Waals surface area contributed by atoms with Crippen molar-refractivity contribution >= 4 is 29.4 Å². The molecule has 1 aromatic rings. The number of amidine groups is 1. The van der Waals surface area contributed by atoms with E-state index in [1.807, 2.05) is 0 Å². The van der Waals surface area contributed by atoms with E-state index in [0.29, 0.717) is 10.9 Å². The minimum absolute atomic E-state index is 0.145. The van der Waals surface area contributed by atoms with Crippen LogP contribution in [0.3, 0.4) is 0 Å². The van der Waals surface area contributed by atoms with Gasteiger partial charge in [-0.15, -0.1) is 5.10 Å². The van der Waals surface area contributed by atoms with Crippen LogP contribution < -0.4 is 0 Å². The monoisotopic (exact) mass is 235 g/mol. The summed E-state index contributed by atoms with van der Waals surface area (Å²) in [4.78, 5) is 14.6. The number of hydrogen-bond acceptors (Lipinski definition) is 4. The Morgan fingerprint density at radius 2 is 2.06 bits per heavy atom. The Balaban J connectivity index is 1.89. The highest BCUT2D eigenvalue weighted by molar-refractivity contribution is 6.30. The molecule has 0 spiro atoms. The molecule has 3 rings (SSSR count). The van der Waals surface area contributed by atoms with Crippen LogP contribution >= 0.6 is 11.6 Å². The fraction of sp³-hybridized carbons (Fsp3) is 0.100. The molecule has 2 aliphatic heterocycles. The minimum atomic E-state index is -0.242. The van der Waals surface area contributed by atoms with Crippen LogP contribution in [0.15, 0.2) is 34.4 Å². The lowest BCUT2D eigenvalue weighted by Gasteiger charge is -1.99. The first-order valence-corrected chi connectivity index (χ1v) is 5.01. The van der Waals surface area contributed by atoms with Crippen molar-refractivity contribution in [2.75, 3.05) is 6.54 Å². The maximum Gasteiger partial charge on any atom is 0.324 e. The molecule has 0 fully saturated rings.